The third-order valence-electron chi connectivity index (χ3n) is 4.50. The summed E-state index contributed by atoms with van der Waals surface area (Å²) in [5, 5.41) is 2.87. The maximum absolute atomic E-state index is 11.5. The molecule has 1 saturated heterocycles. The Kier molecular flexibility index (Phi) is 3.36. The smallest absolute Gasteiger partial charge is 0.224 e. The number of nitrogens with one attached hydrogen (secondary N) is 1. The van der Waals surface area contributed by atoms with Gasteiger partial charge in [-0.15, -0.1) is 0 Å². The van der Waals surface area contributed by atoms with Gasteiger partial charge in [-0.3, -0.25) is 4.79 Å². The van der Waals surface area contributed by atoms with Gasteiger partial charge in [-0.25, -0.2) is 0 Å². The molecule has 1 N–H and O–H groups in total. The molecule has 1 fully saturated rings. The molecule has 2 heterocycles. The van der Waals surface area contributed by atoms with E-state index in [-0.39, 0.29) is 11.9 Å². The Balaban J connectivity index is 1.92. The summed E-state index contributed by atoms with van der Waals surface area (Å²) in [6.45, 7) is 13.6. The summed E-state index contributed by atoms with van der Waals surface area (Å²) >= 11 is 0. The third-order valence-corrected chi connectivity index (χ3v) is 4.50. The second kappa shape index (κ2) is 5.06. The van der Waals surface area contributed by atoms with Gasteiger partial charge in [0.2, 0.25) is 5.91 Å². The van der Waals surface area contributed by atoms with Crippen molar-refractivity contribution in [1.29, 1.82) is 0 Å². The predicted octanol–water partition coefficient (Wildman–Crippen LogP) is 3.39. The standard InChI is InChI=1S/C18H22N2O/c1-11(2)15-7-5-6-14-10-20(13(4)18(14)15)16-8-9-17(21)19-12(16)3/h5-7,11,16H,3-4,8-10H2,1-2H3,(H,19,21)/t16-/m1/s1. The molecule has 0 radical (unpaired) electrons. The van der Waals surface area contributed by atoms with Crippen molar-refractivity contribution >= 4 is 11.6 Å². The fourth-order valence-electron chi connectivity index (χ4n) is 3.42. The lowest BCUT2D eigenvalue weighted by atomic mass is 9.93. The summed E-state index contributed by atoms with van der Waals surface area (Å²) < 4.78 is 0. The zero-order valence-corrected chi connectivity index (χ0v) is 12.8. The molecule has 3 heteroatoms. The van der Waals surface area contributed by atoms with Crippen LogP contribution in [0.15, 0.2) is 37.1 Å². The van der Waals surface area contributed by atoms with Gasteiger partial charge in [-0.1, -0.05) is 45.2 Å². The number of carbonyl (C=O) groups is 1. The van der Waals surface area contributed by atoms with E-state index >= 15 is 0 Å². The first kappa shape index (κ1) is 13.9. The van der Waals surface area contributed by atoms with Crippen LogP contribution in [0.5, 0.6) is 0 Å². The zero-order valence-electron chi connectivity index (χ0n) is 12.8. The van der Waals surface area contributed by atoms with Crippen molar-refractivity contribution in [3.8, 4) is 0 Å². The predicted molar refractivity (Wildman–Crippen MR) is 85.4 cm³/mol. The number of amides is 1. The number of carbonyl (C=O) groups excluding carboxylic acids is 1. The van der Waals surface area contributed by atoms with Crippen molar-refractivity contribution in [1.82, 2.24) is 10.2 Å². The Hall–Kier alpha value is -2.03. The molecule has 0 saturated carbocycles. The van der Waals surface area contributed by atoms with E-state index in [1.807, 2.05) is 0 Å². The Morgan fingerprint density at radius 1 is 1.33 bits per heavy atom. The average molecular weight is 282 g/mol. The Morgan fingerprint density at radius 3 is 2.76 bits per heavy atom. The van der Waals surface area contributed by atoms with E-state index in [1.165, 1.54) is 16.7 Å². The lowest BCUT2D eigenvalue weighted by Gasteiger charge is -2.35. The number of hydrogen-bond acceptors (Lipinski definition) is 2. The monoisotopic (exact) mass is 282 g/mol. The fourth-order valence-corrected chi connectivity index (χ4v) is 3.42. The molecule has 1 aromatic carbocycles. The summed E-state index contributed by atoms with van der Waals surface area (Å²) in [6, 6.07) is 6.65. The number of hydrogen-bond donors (Lipinski definition) is 1. The first-order valence-electron chi connectivity index (χ1n) is 7.55. The van der Waals surface area contributed by atoms with Gasteiger partial charge in [-0.05, 0) is 23.5 Å². The van der Waals surface area contributed by atoms with E-state index in [9.17, 15) is 4.79 Å². The highest BCUT2D eigenvalue weighted by Gasteiger charge is 2.34. The molecule has 3 nitrogen and oxygen atoms in total. The SMILES string of the molecule is C=C1NC(=O)CC[C@H]1N1Cc2cccc(C(C)C)c2C1=C. The van der Waals surface area contributed by atoms with Crippen LogP contribution in [0.3, 0.4) is 0 Å². The van der Waals surface area contributed by atoms with Gasteiger partial charge in [0.25, 0.3) is 0 Å². The highest BCUT2D eigenvalue weighted by atomic mass is 16.1. The van der Waals surface area contributed by atoms with E-state index in [2.05, 4.69) is 55.4 Å². The highest BCUT2D eigenvalue weighted by Crippen LogP contribution is 2.40. The molecule has 1 amide bonds. The van der Waals surface area contributed by atoms with Crippen molar-refractivity contribution in [2.75, 3.05) is 0 Å². The molecule has 0 spiro atoms. The number of piperidine rings is 1. The molecule has 2 aliphatic heterocycles. The molecule has 1 atom stereocenters. The van der Waals surface area contributed by atoms with Crippen LogP contribution in [-0.2, 0) is 11.3 Å². The van der Waals surface area contributed by atoms with Gasteiger partial charge in [0.05, 0.1) is 6.04 Å². The van der Waals surface area contributed by atoms with Crippen molar-refractivity contribution < 1.29 is 4.79 Å². The molecule has 0 bridgehead atoms. The van der Waals surface area contributed by atoms with Gasteiger partial charge in [0, 0.05) is 29.9 Å². The van der Waals surface area contributed by atoms with Crippen LogP contribution < -0.4 is 5.32 Å². The molecule has 1 aromatic rings. The Morgan fingerprint density at radius 2 is 2.10 bits per heavy atom. The maximum Gasteiger partial charge on any atom is 0.224 e. The lowest BCUT2D eigenvalue weighted by Crippen LogP contribution is -2.43. The minimum atomic E-state index is 0.0708. The minimum Gasteiger partial charge on any atom is -0.359 e. The molecular formula is C18H22N2O. The van der Waals surface area contributed by atoms with Crippen molar-refractivity contribution in [3.63, 3.8) is 0 Å². The van der Waals surface area contributed by atoms with Crippen LogP contribution in [0.4, 0.5) is 0 Å². The van der Waals surface area contributed by atoms with E-state index in [0.717, 1.165) is 24.4 Å². The maximum atomic E-state index is 11.5. The summed E-state index contributed by atoms with van der Waals surface area (Å²) in [6.07, 6.45) is 1.37. The number of nitrogens with zero attached hydrogens (tertiary/aromatic N) is 1. The van der Waals surface area contributed by atoms with Crippen molar-refractivity contribution in [2.24, 2.45) is 0 Å². The normalized spacial score (nSPS) is 21.8. The van der Waals surface area contributed by atoms with Crippen LogP contribution in [0.1, 0.15) is 49.3 Å². The number of rotatable bonds is 2. The van der Waals surface area contributed by atoms with E-state index in [1.54, 1.807) is 0 Å². The molecule has 3 rings (SSSR count). The minimum absolute atomic E-state index is 0.0708. The first-order valence-corrected chi connectivity index (χ1v) is 7.55. The van der Waals surface area contributed by atoms with E-state index < -0.39 is 0 Å². The van der Waals surface area contributed by atoms with E-state index in [0.29, 0.717) is 12.3 Å². The highest BCUT2D eigenvalue weighted by molar-refractivity contribution is 5.80. The molecule has 0 unspecified atom stereocenters. The lowest BCUT2D eigenvalue weighted by molar-refractivity contribution is -0.121. The van der Waals surface area contributed by atoms with Crippen molar-refractivity contribution in [2.45, 2.75) is 45.2 Å². The molecular weight excluding hydrogens is 260 g/mol. The zero-order chi connectivity index (χ0) is 15.1. The van der Waals surface area contributed by atoms with Gasteiger partial charge in [0.1, 0.15) is 0 Å². The quantitative estimate of drug-likeness (QED) is 0.901. The van der Waals surface area contributed by atoms with E-state index in [4.69, 9.17) is 0 Å². The third kappa shape index (κ3) is 2.27. The molecule has 110 valence electrons. The largest absolute Gasteiger partial charge is 0.359 e. The van der Waals surface area contributed by atoms with Crippen LogP contribution in [-0.4, -0.2) is 16.8 Å². The molecule has 0 aliphatic carbocycles. The molecule has 2 aliphatic rings. The summed E-state index contributed by atoms with van der Waals surface area (Å²) in [5.41, 5.74) is 5.83. The Bertz CT molecular complexity index is 630. The summed E-state index contributed by atoms with van der Waals surface area (Å²) in [5.74, 6) is 0.548. The van der Waals surface area contributed by atoms with Crippen LogP contribution in [0.2, 0.25) is 0 Å². The van der Waals surface area contributed by atoms with Gasteiger partial charge in [0.15, 0.2) is 0 Å². The molecule has 21 heavy (non-hydrogen) atoms. The van der Waals surface area contributed by atoms with Crippen LogP contribution in [0.25, 0.3) is 5.70 Å². The molecule has 0 aromatic heterocycles. The van der Waals surface area contributed by atoms with Crippen LogP contribution >= 0.6 is 0 Å². The fraction of sp³-hybridized carbons (Fsp3) is 0.389. The summed E-state index contributed by atoms with van der Waals surface area (Å²) in [7, 11) is 0. The number of benzene rings is 1. The first-order chi connectivity index (χ1) is 9.99. The van der Waals surface area contributed by atoms with Gasteiger partial charge < -0.3 is 10.2 Å². The topological polar surface area (TPSA) is 32.3 Å². The Labute approximate surface area is 126 Å². The second-order valence-corrected chi connectivity index (χ2v) is 6.24. The van der Waals surface area contributed by atoms with Crippen LogP contribution in [0, 0.1) is 0 Å². The van der Waals surface area contributed by atoms with Gasteiger partial charge >= 0.3 is 0 Å². The van der Waals surface area contributed by atoms with Gasteiger partial charge in [-0.2, -0.15) is 0 Å². The second-order valence-electron chi connectivity index (χ2n) is 6.24. The number of fused-ring (bicyclic) bond motifs is 1. The average Bonchev–Trinajstić information content (AvgIpc) is 2.76. The van der Waals surface area contributed by atoms with Crippen molar-refractivity contribution in [3.05, 3.63) is 53.7 Å². The summed E-state index contributed by atoms with van der Waals surface area (Å²) in [4.78, 5) is 13.8.